The van der Waals surface area contributed by atoms with Gasteiger partial charge in [-0.25, -0.2) is 4.79 Å². The Bertz CT molecular complexity index is 875. The number of imide groups is 1. The summed E-state index contributed by atoms with van der Waals surface area (Å²) in [6.07, 6.45) is -4.73. The van der Waals surface area contributed by atoms with Crippen molar-refractivity contribution < 1.29 is 32.4 Å². The van der Waals surface area contributed by atoms with Crippen LogP contribution in [0.25, 0.3) is 0 Å². The van der Waals surface area contributed by atoms with E-state index in [1.165, 1.54) is 24.3 Å². The molecule has 0 radical (unpaired) electrons. The van der Waals surface area contributed by atoms with E-state index in [0.717, 1.165) is 6.07 Å². The van der Waals surface area contributed by atoms with Crippen LogP contribution in [-0.2, 0) is 11.0 Å². The SMILES string of the molecule is O=C(ON1C(=O)c2ccccc2C1=O)c1cc(Cl)cc(C(F)(F)F)c1. The number of hydrogen-bond donors (Lipinski definition) is 0. The van der Waals surface area contributed by atoms with Gasteiger partial charge in [0, 0.05) is 5.02 Å². The Morgan fingerprint density at radius 1 is 1.00 bits per heavy atom. The van der Waals surface area contributed by atoms with Crippen molar-refractivity contribution >= 4 is 29.4 Å². The molecule has 1 aliphatic heterocycles. The monoisotopic (exact) mass is 369 g/mol. The number of benzene rings is 2. The minimum absolute atomic E-state index is 0.0300. The zero-order chi connectivity index (χ0) is 18.4. The number of carbonyl (C=O) groups is 3. The first kappa shape index (κ1) is 17.0. The molecule has 0 bridgehead atoms. The third kappa shape index (κ3) is 3.08. The Hall–Kier alpha value is -2.87. The van der Waals surface area contributed by atoms with E-state index in [9.17, 15) is 27.6 Å². The molecule has 2 aromatic carbocycles. The van der Waals surface area contributed by atoms with Crippen molar-refractivity contribution in [2.75, 3.05) is 0 Å². The summed E-state index contributed by atoms with van der Waals surface area (Å²) in [6, 6.07) is 7.86. The Morgan fingerprint density at radius 3 is 2.08 bits per heavy atom. The molecule has 128 valence electrons. The maximum atomic E-state index is 12.8. The molecule has 0 spiro atoms. The van der Waals surface area contributed by atoms with E-state index >= 15 is 0 Å². The number of halogens is 4. The molecule has 0 N–H and O–H groups in total. The number of fused-ring (bicyclic) bond motifs is 1. The standard InChI is InChI=1S/C16H7ClF3NO4/c17-10-6-8(5-9(7-10)16(18,19)20)15(24)25-21-13(22)11-3-1-2-4-12(11)14(21)23/h1-7H. The predicted octanol–water partition coefficient (Wildman–Crippen LogP) is 3.73. The van der Waals surface area contributed by atoms with Crippen molar-refractivity contribution in [3.63, 3.8) is 0 Å². The summed E-state index contributed by atoms with van der Waals surface area (Å²) in [4.78, 5) is 41.0. The van der Waals surface area contributed by atoms with Crippen molar-refractivity contribution in [3.05, 3.63) is 69.7 Å². The number of alkyl halides is 3. The largest absolute Gasteiger partial charge is 0.416 e. The van der Waals surface area contributed by atoms with Crippen LogP contribution in [-0.4, -0.2) is 22.8 Å². The summed E-state index contributed by atoms with van der Waals surface area (Å²) >= 11 is 5.59. The molecular formula is C16H7ClF3NO4. The quantitative estimate of drug-likeness (QED) is 0.757. The second-order valence-electron chi connectivity index (χ2n) is 5.06. The molecule has 0 unspecified atom stereocenters. The number of hydroxylamine groups is 2. The summed E-state index contributed by atoms with van der Waals surface area (Å²) in [5.74, 6) is -3.08. The number of carbonyl (C=O) groups excluding carboxylic acids is 3. The highest BCUT2D eigenvalue weighted by Crippen LogP contribution is 2.32. The van der Waals surface area contributed by atoms with Crippen molar-refractivity contribution in [2.24, 2.45) is 0 Å². The maximum Gasteiger partial charge on any atom is 0.416 e. The van der Waals surface area contributed by atoms with Crippen molar-refractivity contribution in [1.82, 2.24) is 5.06 Å². The van der Waals surface area contributed by atoms with Crippen LogP contribution >= 0.6 is 11.6 Å². The molecule has 2 aromatic rings. The third-order valence-electron chi connectivity index (χ3n) is 3.39. The predicted molar refractivity (Wildman–Crippen MR) is 78.8 cm³/mol. The van der Waals surface area contributed by atoms with Gasteiger partial charge in [-0.2, -0.15) is 13.2 Å². The molecule has 1 aliphatic rings. The van der Waals surface area contributed by atoms with Gasteiger partial charge in [-0.3, -0.25) is 9.59 Å². The van der Waals surface area contributed by atoms with Crippen LogP contribution < -0.4 is 0 Å². The first-order valence-corrected chi connectivity index (χ1v) is 7.14. The fraction of sp³-hybridized carbons (Fsp3) is 0.0625. The Labute approximate surface area is 143 Å². The van der Waals surface area contributed by atoms with Gasteiger partial charge in [0.05, 0.1) is 22.3 Å². The number of hydrogen-bond acceptors (Lipinski definition) is 4. The Kier molecular flexibility index (Phi) is 4.00. The normalized spacial score (nSPS) is 13.8. The fourth-order valence-corrected chi connectivity index (χ4v) is 2.49. The molecule has 0 saturated heterocycles. The van der Waals surface area contributed by atoms with Crippen LogP contribution in [0.5, 0.6) is 0 Å². The molecule has 25 heavy (non-hydrogen) atoms. The van der Waals surface area contributed by atoms with Crippen LogP contribution in [0, 0.1) is 0 Å². The minimum atomic E-state index is -4.73. The second-order valence-corrected chi connectivity index (χ2v) is 5.49. The molecule has 0 atom stereocenters. The Morgan fingerprint density at radius 2 is 1.56 bits per heavy atom. The van der Waals surface area contributed by atoms with Crippen molar-refractivity contribution in [1.29, 1.82) is 0 Å². The number of nitrogens with zero attached hydrogens (tertiary/aromatic N) is 1. The summed E-state index contributed by atoms with van der Waals surface area (Å²) in [5.41, 5.74) is -1.64. The summed E-state index contributed by atoms with van der Waals surface area (Å²) in [6.45, 7) is 0. The first-order chi connectivity index (χ1) is 11.7. The molecule has 0 aliphatic carbocycles. The lowest BCUT2D eigenvalue weighted by Gasteiger charge is -2.14. The van der Waals surface area contributed by atoms with Gasteiger partial charge in [0.1, 0.15) is 0 Å². The van der Waals surface area contributed by atoms with E-state index in [2.05, 4.69) is 0 Å². The van der Waals surface area contributed by atoms with Crippen LogP contribution in [0.1, 0.15) is 36.6 Å². The topological polar surface area (TPSA) is 63.7 Å². The second kappa shape index (κ2) is 5.89. The van der Waals surface area contributed by atoms with Crippen LogP contribution in [0.4, 0.5) is 13.2 Å². The first-order valence-electron chi connectivity index (χ1n) is 6.76. The maximum absolute atomic E-state index is 12.8. The van der Waals surface area contributed by atoms with Gasteiger partial charge in [0.25, 0.3) is 11.8 Å². The van der Waals surface area contributed by atoms with Gasteiger partial charge in [0.15, 0.2) is 0 Å². The minimum Gasteiger partial charge on any atom is -0.324 e. The number of rotatable bonds is 2. The molecule has 0 aromatic heterocycles. The molecule has 5 nitrogen and oxygen atoms in total. The lowest BCUT2D eigenvalue weighted by atomic mass is 10.1. The lowest BCUT2D eigenvalue weighted by Crippen LogP contribution is -2.32. The smallest absolute Gasteiger partial charge is 0.324 e. The van der Waals surface area contributed by atoms with E-state index in [4.69, 9.17) is 16.4 Å². The molecule has 0 saturated carbocycles. The van der Waals surface area contributed by atoms with Crippen LogP contribution in [0.15, 0.2) is 42.5 Å². The average Bonchev–Trinajstić information content (AvgIpc) is 2.79. The van der Waals surface area contributed by atoms with Gasteiger partial charge in [-0.15, -0.1) is 0 Å². The highest BCUT2D eigenvalue weighted by molar-refractivity contribution is 6.31. The molecule has 0 fully saturated rings. The Balaban J connectivity index is 1.88. The highest BCUT2D eigenvalue weighted by atomic mass is 35.5. The number of amides is 2. The highest BCUT2D eigenvalue weighted by Gasteiger charge is 2.39. The molecule has 2 amide bonds. The van der Waals surface area contributed by atoms with E-state index in [1.807, 2.05) is 0 Å². The molecule has 3 rings (SSSR count). The third-order valence-corrected chi connectivity index (χ3v) is 3.61. The van der Waals surface area contributed by atoms with E-state index in [-0.39, 0.29) is 21.2 Å². The molecule has 9 heteroatoms. The summed E-state index contributed by atoms with van der Waals surface area (Å²) in [7, 11) is 0. The fourth-order valence-electron chi connectivity index (χ4n) is 2.26. The van der Waals surface area contributed by atoms with Crippen LogP contribution in [0.2, 0.25) is 5.02 Å². The van der Waals surface area contributed by atoms with Gasteiger partial charge in [-0.05, 0) is 30.3 Å². The lowest BCUT2D eigenvalue weighted by molar-refractivity contribution is -0.137. The van der Waals surface area contributed by atoms with E-state index in [1.54, 1.807) is 0 Å². The summed E-state index contributed by atoms with van der Waals surface area (Å²) < 4.78 is 38.4. The zero-order valence-electron chi connectivity index (χ0n) is 12.1. The van der Waals surface area contributed by atoms with Crippen molar-refractivity contribution in [2.45, 2.75) is 6.18 Å². The van der Waals surface area contributed by atoms with Crippen molar-refractivity contribution in [3.8, 4) is 0 Å². The van der Waals surface area contributed by atoms with Crippen LogP contribution in [0.3, 0.4) is 0 Å². The zero-order valence-corrected chi connectivity index (χ0v) is 12.9. The average molecular weight is 370 g/mol. The van der Waals surface area contributed by atoms with Gasteiger partial charge >= 0.3 is 12.1 Å². The van der Waals surface area contributed by atoms with E-state index < -0.39 is 35.1 Å². The van der Waals surface area contributed by atoms with E-state index in [0.29, 0.717) is 12.1 Å². The summed E-state index contributed by atoms with van der Waals surface area (Å²) in [5, 5.41) is -0.134. The van der Waals surface area contributed by atoms with Gasteiger partial charge in [0.2, 0.25) is 0 Å². The van der Waals surface area contributed by atoms with Gasteiger partial charge in [-0.1, -0.05) is 28.8 Å². The molecule has 1 heterocycles. The van der Waals surface area contributed by atoms with Gasteiger partial charge < -0.3 is 4.84 Å². The molecular weight excluding hydrogens is 363 g/mol.